The summed E-state index contributed by atoms with van der Waals surface area (Å²) in [7, 11) is 0. The molecule has 0 aromatic heterocycles. The quantitative estimate of drug-likeness (QED) is 0.499. The second-order valence-corrected chi connectivity index (χ2v) is 3.92. The Morgan fingerprint density at radius 1 is 1.43 bits per heavy atom. The zero-order valence-corrected chi connectivity index (χ0v) is 9.54. The molecule has 0 aliphatic rings. The zero-order chi connectivity index (χ0) is 11.1. The highest BCUT2D eigenvalue weighted by Gasteiger charge is 2.11. The van der Waals surface area contributed by atoms with Crippen LogP contribution in [0.3, 0.4) is 0 Å². The Hall–Kier alpha value is -1.05. The van der Waals surface area contributed by atoms with E-state index in [0.717, 1.165) is 5.57 Å². The number of allylic oxidation sites excluding steroid dienone is 2. The molecule has 0 N–H and O–H groups in total. The van der Waals surface area contributed by atoms with Crippen LogP contribution in [0.2, 0.25) is 0 Å². The summed E-state index contributed by atoms with van der Waals surface area (Å²) in [5.41, 5.74) is 1.01. The van der Waals surface area contributed by atoms with Crippen molar-refractivity contribution in [2.24, 2.45) is 11.8 Å². The molecular weight excluding hydrogens is 176 g/mol. The monoisotopic (exact) mass is 196 g/mol. The van der Waals surface area contributed by atoms with Crippen LogP contribution in [-0.4, -0.2) is 12.6 Å². The fraction of sp³-hybridized carbons (Fsp3) is 0.583. The minimum Gasteiger partial charge on any atom is -0.465 e. The van der Waals surface area contributed by atoms with E-state index in [1.807, 2.05) is 13.0 Å². The second-order valence-electron chi connectivity index (χ2n) is 3.92. The van der Waals surface area contributed by atoms with E-state index in [4.69, 9.17) is 4.74 Å². The van der Waals surface area contributed by atoms with E-state index in [1.54, 1.807) is 0 Å². The SMILES string of the molecule is C=C(C)/C=C/[C@@H](COC(C)=O)C(C)C. The molecule has 0 saturated carbocycles. The number of hydrogen-bond acceptors (Lipinski definition) is 2. The summed E-state index contributed by atoms with van der Waals surface area (Å²) >= 11 is 0. The summed E-state index contributed by atoms with van der Waals surface area (Å²) in [6, 6.07) is 0. The highest BCUT2D eigenvalue weighted by atomic mass is 16.5. The highest BCUT2D eigenvalue weighted by Crippen LogP contribution is 2.13. The van der Waals surface area contributed by atoms with Crippen LogP contribution >= 0.6 is 0 Å². The van der Waals surface area contributed by atoms with Gasteiger partial charge in [-0.15, -0.1) is 0 Å². The first-order valence-corrected chi connectivity index (χ1v) is 4.90. The predicted octanol–water partition coefficient (Wildman–Crippen LogP) is 2.95. The lowest BCUT2D eigenvalue weighted by Gasteiger charge is -2.16. The fourth-order valence-corrected chi connectivity index (χ4v) is 0.972. The lowest BCUT2D eigenvalue weighted by atomic mass is 9.96. The van der Waals surface area contributed by atoms with Gasteiger partial charge in [0.05, 0.1) is 6.61 Å². The summed E-state index contributed by atoms with van der Waals surface area (Å²) in [4.78, 5) is 10.6. The molecule has 14 heavy (non-hydrogen) atoms. The van der Waals surface area contributed by atoms with E-state index < -0.39 is 0 Å². The summed E-state index contributed by atoms with van der Waals surface area (Å²) in [5, 5.41) is 0. The van der Waals surface area contributed by atoms with Gasteiger partial charge in [-0.05, 0) is 12.8 Å². The zero-order valence-electron chi connectivity index (χ0n) is 9.54. The van der Waals surface area contributed by atoms with Crippen molar-refractivity contribution in [3.63, 3.8) is 0 Å². The normalized spacial score (nSPS) is 13.2. The Balaban J connectivity index is 4.16. The maximum absolute atomic E-state index is 10.6. The lowest BCUT2D eigenvalue weighted by molar-refractivity contribution is -0.142. The van der Waals surface area contributed by atoms with Crippen LogP contribution in [0.1, 0.15) is 27.7 Å². The second kappa shape index (κ2) is 6.41. The molecule has 0 unspecified atom stereocenters. The van der Waals surface area contributed by atoms with E-state index >= 15 is 0 Å². The van der Waals surface area contributed by atoms with Gasteiger partial charge in [0.2, 0.25) is 0 Å². The van der Waals surface area contributed by atoms with Gasteiger partial charge in [0.25, 0.3) is 0 Å². The van der Waals surface area contributed by atoms with Crippen molar-refractivity contribution in [1.82, 2.24) is 0 Å². The van der Waals surface area contributed by atoms with Crippen molar-refractivity contribution in [2.45, 2.75) is 27.7 Å². The molecule has 0 amide bonds. The van der Waals surface area contributed by atoms with Gasteiger partial charge in [0.1, 0.15) is 0 Å². The molecule has 0 fully saturated rings. The maximum Gasteiger partial charge on any atom is 0.302 e. The van der Waals surface area contributed by atoms with Crippen LogP contribution < -0.4 is 0 Å². The Morgan fingerprint density at radius 3 is 2.36 bits per heavy atom. The molecule has 0 aliphatic carbocycles. The highest BCUT2D eigenvalue weighted by molar-refractivity contribution is 5.65. The Bertz CT molecular complexity index is 226. The predicted molar refractivity (Wildman–Crippen MR) is 58.9 cm³/mol. The van der Waals surface area contributed by atoms with Gasteiger partial charge in [-0.3, -0.25) is 4.79 Å². The number of esters is 1. The standard InChI is InChI=1S/C12H20O2/c1-9(2)6-7-12(10(3)4)8-14-11(5)13/h6-7,10,12H,1,8H2,2-5H3/b7-6+/t12-/m0/s1. The molecule has 0 spiro atoms. The number of carbonyl (C=O) groups excluding carboxylic acids is 1. The van der Waals surface area contributed by atoms with E-state index in [2.05, 4.69) is 26.5 Å². The third-order valence-corrected chi connectivity index (χ3v) is 1.96. The summed E-state index contributed by atoms with van der Waals surface area (Å²) < 4.78 is 4.98. The van der Waals surface area contributed by atoms with Crippen molar-refractivity contribution < 1.29 is 9.53 Å². The minimum atomic E-state index is -0.223. The van der Waals surface area contributed by atoms with Gasteiger partial charge >= 0.3 is 5.97 Å². The fourth-order valence-electron chi connectivity index (χ4n) is 0.972. The lowest BCUT2D eigenvalue weighted by Crippen LogP contribution is -2.15. The third-order valence-electron chi connectivity index (χ3n) is 1.96. The molecule has 0 aliphatic heterocycles. The van der Waals surface area contributed by atoms with Gasteiger partial charge in [0.15, 0.2) is 0 Å². The molecule has 2 nitrogen and oxygen atoms in total. The smallest absolute Gasteiger partial charge is 0.302 e. The van der Waals surface area contributed by atoms with Crippen molar-refractivity contribution in [1.29, 1.82) is 0 Å². The largest absolute Gasteiger partial charge is 0.465 e. The van der Waals surface area contributed by atoms with Crippen LogP contribution in [-0.2, 0) is 9.53 Å². The molecule has 80 valence electrons. The first-order valence-electron chi connectivity index (χ1n) is 4.90. The van der Waals surface area contributed by atoms with E-state index in [9.17, 15) is 4.79 Å². The third kappa shape index (κ3) is 6.46. The van der Waals surface area contributed by atoms with Crippen molar-refractivity contribution in [3.05, 3.63) is 24.3 Å². The van der Waals surface area contributed by atoms with Crippen LogP contribution in [0, 0.1) is 11.8 Å². The number of rotatable bonds is 5. The Labute approximate surface area is 86.6 Å². The number of carbonyl (C=O) groups is 1. The molecule has 2 heteroatoms. The Kier molecular flexibility index (Phi) is 5.93. The summed E-state index contributed by atoms with van der Waals surface area (Å²) in [6.45, 7) is 11.8. The first kappa shape index (κ1) is 12.9. The van der Waals surface area contributed by atoms with Gasteiger partial charge in [-0.1, -0.05) is 38.2 Å². The van der Waals surface area contributed by atoms with Crippen molar-refractivity contribution >= 4 is 5.97 Å². The average molecular weight is 196 g/mol. The molecule has 0 aromatic carbocycles. The Morgan fingerprint density at radius 2 is 2.00 bits per heavy atom. The van der Waals surface area contributed by atoms with Crippen LogP contribution in [0.15, 0.2) is 24.3 Å². The van der Waals surface area contributed by atoms with Crippen LogP contribution in [0.5, 0.6) is 0 Å². The van der Waals surface area contributed by atoms with Crippen molar-refractivity contribution in [3.8, 4) is 0 Å². The molecule has 0 bridgehead atoms. The minimum absolute atomic E-state index is 0.223. The van der Waals surface area contributed by atoms with E-state index in [-0.39, 0.29) is 11.9 Å². The molecule has 1 atom stereocenters. The first-order chi connectivity index (χ1) is 6.43. The average Bonchev–Trinajstić information content (AvgIpc) is 2.02. The van der Waals surface area contributed by atoms with Gasteiger partial charge < -0.3 is 4.74 Å². The number of ether oxygens (including phenoxy) is 1. The molecule has 0 aromatic rings. The summed E-state index contributed by atoms with van der Waals surface area (Å²) in [5.74, 6) is 0.514. The maximum atomic E-state index is 10.6. The molecule has 0 rings (SSSR count). The van der Waals surface area contributed by atoms with Crippen molar-refractivity contribution in [2.75, 3.05) is 6.61 Å². The summed E-state index contributed by atoms with van der Waals surface area (Å²) in [6.07, 6.45) is 4.02. The van der Waals surface area contributed by atoms with E-state index in [0.29, 0.717) is 12.5 Å². The van der Waals surface area contributed by atoms with Crippen LogP contribution in [0.25, 0.3) is 0 Å². The molecule has 0 heterocycles. The van der Waals surface area contributed by atoms with Gasteiger partial charge in [-0.2, -0.15) is 0 Å². The van der Waals surface area contributed by atoms with E-state index in [1.165, 1.54) is 6.92 Å². The molecular formula is C12H20O2. The molecule has 0 saturated heterocycles. The number of hydrogen-bond donors (Lipinski definition) is 0. The molecule has 0 radical (unpaired) electrons. The van der Waals surface area contributed by atoms with Gasteiger partial charge in [-0.25, -0.2) is 0 Å². The topological polar surface area (TPSA) is 26.3 Å². The van der Waals surface area contributed by atoms with Gasteiger partial charge in [0, 0.05) is 12.8 Å². The van der Waals surface area contributed by atoms with Crippen LogP contribution in [0.4, 0.5) is 0 Å².